The lowest BCUT2D eigenvalue weighted by atomic mass is 9.98. The van der Waals surface area contributed by atoms with Crippen molar-refractivity contribution in [2.45, 2.75) is 25.2 Å². The van der Waals surface area contributed by atoms with Crippen LogP contribution >= 0.6 is 0 Å². The van der Waals surface area contributed by atoms with Crippen molar-refractivity contribution >= 4 is 33.3 Å². The SMILES string of the molecule is C1=C(C2N=C(c3cccc(-c4ccccc4)c3)NC(c3ccccc3)N2)CCC=C1n1c2ccccc2c2ccccc21. The Balaban J connectivity index is 1.22. The zero-order valence-electron chi connectivity index (χ0n) is 23.8. The Bertz CT molecular complexity index is 1980. The first kappa shape index (κ1) is 25.5. The monoisotopic (exact) mass is 556 g/mol. The third-order valence-electron chi connectivity index (χ3n) is 8.55. The molecule has 4 nitrogen and oxygen atoms in total. The van der Waals surface area contributed by atoms with E-state index in [-0.39, 0.29) is 12.3 Å². The van der Waals surface area contributed by atoms with E-state index in [1.165, 1.54) is 49.8 Å². The third kappa shape index (κ3) is 4.76. The third-order valence-corrected chi connectivity index (χ3v) is 8.55. The summed E-state index contributed by atoms with van der Waals surface area (Å²) in [6.07, 6.45) is 6.43. The molecule has 0 amide bonds. The van der Waals surface area contributed by atoms with Gasteiger partial charge in [-0.15, -0.1) is 0 Å². The fourth-order valence-corrected chi connectivity index (χ4v) is 6.47. The maximum atomic E-state index is 5.32. The minimum atomic E-state index is -0.154. The lowest BCUT2D eigenvalue weighted by Gasteiger charge is -2.34. The standard InChI is InChI=1S/C39H32N4/c1-3-13-27(14-4-1)29-17-11-18-30(25-29)38-40-37(28-15-5-2-6-16-28)41-39(42-38)31-19-12-20-32(26-31)43-35-23-9-7-21-33(35)34-22-8-10-24-36(34)43/h1-11,13-18,20-26,37,39,41H,12,19H2,(H,40,42). The summed E-state index contributed by atoms with van der Waals surface area (Å²) in [5, 5.41) is 10.1. The van der Waals surface area contributed by atoms with Crippen LogP contribution in [-0.2, 0) is 0 Å². The topological polar surface area (TPSA) is 41.4 Å². The van der Waals surface area contributed by atoms with Gasteiger partial charge in [0.15, 0.2) is 0 Å². The fourth-order valence-electron chi connectivity index (χ4n) is 6.47. The molecule has 0 saturated heterocycles. The molecule has 2 aliphatic rings. The van der Waals surface area contributed by atoms with Gasteiger partial charge in [-0.1, -0.05) is 121 Å². The van der Waals surface area contributed by atoms with Gasteiger partial charge in [0.2, 0.25) is 0 Å². The van der Waals surface area contributed by atoms with Gasteiger partial charge in [0.1, 0.15) is 18.2 Å². The molecular weight excluding hydrogens is 524 g/mol. The molecule has 2 N–H and O–H groups in total. The number of aromatic nitrogens is 1. The average molecular weight is 557 g/mol. The van der Waals surface area contributed by atoms with E-state index in [9.17, 15) is 0 Å². The number of allylic oxidation sites excluding steroid dienone is 3. The number of hydrogen-bond acceptors (Lipinski definition) is 3. The van der Waals surface area contributed by atoms with E-state index in [0.29, 0.717) is 0 Å². The van der Waals surface area contributed by atoms with Crippen LogP contribution in [0.25, 0.3) is 38.6 Å². The van der Waals surface area contributed by atoms with E-state index < -0.39 is 0 Å². The van der Waals surface area contributed by atoms with Crippen molar-refractivity contribution in [1.82, 2.24) is 15.2 Å². The Morgan fingerprint density at radius 3 is 2.00 bits per heavy atom. The Morgan fingerprint density at radius 1 is 0.628 bits per heavy atom. The van der Waals surface area contributed by atoms with Gasteiger partial charge in [-0.2, -0.15) is 0 Å². The summed E-state index contributed by atoms with van der Waals surface area (Å²) >= 11 is 0. The highest BCUT2D eigenvalue weighted by atomic mass is 15.3. The van der Waals surface area contributed by atoms with Crippen molar-refractivity contribution in [2.24, 2.45) is 4.99 Å². The summed E-state index contributed by atoms with van der Waals surface area (Å²) in [7, 11) is 0. The van der Waals surface area contributed by atoms with Crippen molar-refractivity contribution in [3.05, 3.63) is 162 Å². The number of rotatable bonds is 5. The number of nitrogens with one attached hydrogen (secondary N) is 2. The second-order valence-corrected chi connectivity index (χ2v) is 11.2. The van der Waals surface area contributed by atoms with Gasteiger partial charge in [-0.25, -0.2) is 4.99 Å². The Kier molecular flexibility index (Phi) is 6.47. The van der Waals surface area contributed by atoms with E-state index in [4.69, 9.17) is 4.99 Å². The lowest BCUT2D eigenvalue weighted by molar-refractivity contribution is 0.425. The number of fused-ring (bicyclic) bond motifs is 3. The van der Waals surface area contributed by atoms with Crippen LogP contribution in [0.1, 0.15) is 30.1 Å². The van der Waals surface area contributed by atoms with Crippen molar-refractivity contribution in [3.63, 3.8) is 0 Å². The van der Waals surface area contributed by atoms with E-state index in [0.717, 1.165) is 24.2 Å². The molecule has 208 valence electrons. The summed E-state index contributed by atoms with van der Waals surface area (Å²) in [6.45, 7) is 0. The molecule has 0 spiro atoms. The molecule has 2 unspecified atom stereocenters. The largest absolute Gasteiger partial charge is 0.350 e. The first-order valence-electron chi connectivity index (χ1n) is 15.0. The van der Waals surface area contributed by atoms with Crippen LogP contribution in [0, 0.1) is 0 Å². The number of aliphatic imine (C=N–C) groups is 1. The van der Waals surface area contributed by atoms with Gasteiger partial charge in [0.05, 0.1) is 11.0 Å². The summed E-state index contributed by atoms with van der Waals surface area (Å²) in [4.78, 5) is 5.32. The minimum Gasteiger partial charge on any atom is -0.350 e. The molecular formula is C39H32N4. The van der Waals surface area contributed by atoms with Crippen LogP contribution in [0.4, 0.5) is 0 Å². The van der Waals surface area contributed by atoms with E-state index in [1.807, 2.05) is 0 Å². The van der Waals surface area contributed by atoms with E-state index in [2.05, 4.69) is 161 Å². The van der Waals surface area contributed by atoms with Crippen LogP contribution in [0.3, 0.4) is 0 Å². The highest BCUT2D eigenvalue weighted by Crippen LogP contribution is 2.35. The molecule has 2 atom stereocenters. The Morgan fingerprint density at radius 2 is 1.26 bits per heavy atom. The number of amidine groups is 1. The molecule has 4 heteroatoms. The Labute approximate surface area is 251 Å². The van der Waals surface area contributed by atoms with Crippen LogP contribution in [0.15, 0.2) is 156 Å². The summed E-state index contributed by atoms with van der Waals surface area (Å²) in [5.41, 5.74) is 9.62. The molecule has 5 aromatic carbocycles. The number of benzene rings is 5. The molecule has 1 aliphatic heterocycles. The van der Waals surface area contributed by atoms with Crippen molar-refractivity contribution < 1.29 is 0 Å². The number of para-hydroxylation sites is 2. The highest BCUT2D eigenvalue weighted by molar-refractivity contribution is 6.10. The summed E-state index contributed by atoms with van der Waals surface area (Å²) in [6, 6.07) is 47.2. The molecule has 43 heavy (non-hydrogen) atoms. The van der Waals surface area contributed by atoms with Gasteiger partial charge >= 0.3 is 0 Å². The zero-order chi connectivity index (χ0) is 28.6. The van der Waals surface area contributed by atoms with Gasteiger partial charge in [-0.3, -0.25) is 5.32 Å². The molecule has 2 heterocycles. The molecule has 0 saturated carbocycles. The highest BCUT2D eigenvalue weighted by Gasteiger charge is 2.28. The van der Waals surface area contributed by atoms with Gasteiger partial charge in [0, 0.05) is 22.0 Å². The quantitative estimate of drug-likeness (QED) is 0.223. The molecule has 1 aliphatic carbocycles. The molecule has 8 rings (SSSR count). The van der Waals surface area contributed by atoms with Crippen molar-refractivity contribution in [3.8, 4) is 11.1 Å². The second kappa shape index (κ2) is 10.9. The molecule has 6 aromatic rings. The zero-order valence-corrected chi connectivity index (χ0v) is 23.8. The van der Waals surface area contributed by atoms with Gasteiger partial charge in [0.25, 0.3) is 0 Å². The minimum absolute atomic E-state index is 0.0671. The molecule has 0 bridgehead atoms. The molecule has 1 aromatic heterocycles. The average Bonchev–Trinajstić information content (AvgIpc) is 3.43. The van der Waals surface area contributed by atoms with Gasteiger partial charge < -0.3 is 9.88 Å². The number of nitrogens with zero attached hydrogens (tertiary/aromatic N) is 2. The molecule has 0 radical (unpaired) electrons. The Hall–Kier alpha value is -5.19. The summed E-state index contributed by atoms with van der Waals surface area (Å²) < 4.78 is 2.41. The first-order valence-corrected chi connectivity index (χ1v) is 15.0. The van der Waals surface area contributed by atoms with Crippen molar-refractivity contribution in [1.29, 1.82) is 0 Å². The smallest absolute Gasteiger partial charge is 0.131 e. The van der Waals surface area contributed by atoms with Crippen molar-refractivity contribution in [2.75, 3.05) is 0 Å². The summed E-state index contributed by atoms with van der Waals surface area (Å²) in [5.74, 6) is 0.907. The maximum Gasteiger partial charge on any atom is 0.131 e. The van der Waals surface area contributed by atoms with Gasteiger partial charge in [-0.05, 0) is 59.4 Å². The fraction of sp³-hybridized carbons (Fsp3) is 0.103. The van der Waals surface area contributed by atoms with E-state index >= 15 is 0 Å². The molecule has 0 fully saturated rings. The van der Waals surface area contributed by atoms with Crippen LogP contribution in [-0.4, -0.2) is 16.6 Å². The second-order valence-electron chi connectivity index (χ2n) is 11.2. The van der Waals surface area contributed by atoms with Crippen LogP contribution < -0.4 is 10.6 Å². The first-order chi connectivity index (χ1) is 21.3. The van der Waals surface area contributed by atoms with E-state index in [1.54, 1.807) is 0 Å². The number of hydrogen-bond donors (Lipinski definition) is 2. The predicted octanol–water partition coefficient (Wildman–Crippen LogP) is 8.69. The van der Waals surface area contributed by atoms with Crippen LogP contribution in [0.5, 0.6) is 0 Å². The normalized spacial score (nSPS) is 18.6. The maximum absolute atomic E-state index is 5.32. The lowest BCUT2D eigenvalue weighted by Crippen LogP contribution is -2.49. The predicted molar refractivity (Wildman–Crippen MR) is 179 cm³/mol. The van der Waals surface area contributed by atoms with Crippen LogP contribution in [0.2, 0.25) is 0 Å².